The van der Waals surface area contributed by atoms with Gasteiger partial charge in [0.15, 0.2) is 0 Å². The molecule has 1 unspecified atom stereocenters. The lowest BCUT2D eigenvalue weighted by molar-refractivity contribution is 0.749. The van der Waals surface area contributed by atoms with Crippen molar-refractivity contribution in [3.63, 3.8) is 0 Å². The van der Waals surface area contributed by atoms with Gasteiger partial charge in [0.1, 0.15) is 0 Å². The van der Waals surface area contributed by atoms with Crippen molar-refractivity contribution in [2.24, 2.45) is 0 Å². The third kappa shape index (κ3) is 5.08. The minimum atomic E-state index is 0.278. The summed E-state index contributed by atoms with van der Waals surface area (Å²) in [6.07, 6.45) is 6.68. The van der Waals surface area contributed by atoms with Gasteiger partial charge in [0.05, 0.1) is 11.2 Å². The fourth-order valence-electron chi connectivity index (χ4n) is 8.49. The number of rotatable bonds is 6. The molecule has 3 nitrogen and oxygen atoms in total. The largest absolute Gasteiger partial charge is 0.313 e. The Labute approximate surface area is 302 Å². The lowest BCUT2D eigenvalue weighted by Gasteiger charge is -2.23. The Morgan fingerprint density at radius 1 is 0.577 bits per heavy atom. The predicted molar refractivity (Wildman–Crippen MR) is 220 cm³/mol. The van der Waals surface area contributed by atoms with Crippen LogP contribution in [0.15, 0.2) is 158 Å². The summed E-state index contributed by atoms with van der Waals surface area (Å²) in [5.74, 6) is 0.278. The van der Waals surface area contributed by atoms with Crippen LogP contribution in [0.1, 0.15) is 29.2 Å². The maximum atomic E-state index is 4.75. The molecule has 0 aliphatic heterocycles. The summed E-state index contributed by atoms with van der Waals surface area (Å²) < 4.78 is 0. The Hall–Kier alpha value is -6.45. The molecule has 9 aromatic rings. The van der Waals surface area contributed by atoms with Crippen LogP contribution in [0, 0.1) is 0 Å². The molecule has 52 heavy (non-hydrogen) atoms. The average Bonchev–Trinajstić information content (AvgIpc) is 3.56. The Morgan fingerprint density at radius 2 is 1.25 bits per heavy atom. The molecule has 1 aliphatic rings. The molecule has 0 saturated carbocycles. The third-order valence-corrected chi connectivity index (χ3v) is 11.0. The first-order chi connectivity index (χ1) is 25.7. The van der Waals surface area contributed by atoms with Crippen LogP contribution in [0.5, 0.6) is 0 Å². The Balaban J connectivity index is 1.15. The Kier molecular flexibility index (Phi) is 7.24. The van der Waals surface area contributed by atoms with Gasteiger partial charge in [-0.05, 0) is 101 Å². The number of aromatic nitrogens is 2. The standard InChI is InChI=1S/C49H37N3/c1-50-52-47(44-16-8-9-17-46(44)51-52)28-32-18-20-35(21-19-32)38-26-27-43-45(31-38)49(40-25-23-34-11-3-5-13-37(34)30-40)42-15-7-6-14-41(42)48(43)39-24-22-33-10-2-4-12-36(33)29-39/h2-23,25-27,29-31,39,50H,24,28H2,1H3. The number of hydrogen-bond donors (Lipinski definition) is 1. The normalized spacial score (nSPS) is 14.0. The zero-order chi connectivity index (χ0) is 34.6. The van der Waals surface area contributed by atoms with Crippen molar-refractivity contribution in [2.45, 2.75) is 18.8 Å². The predicted octanol–water partition coefficient (Wildman–Crippen LogP) is 10.3. The second kappa shape index (κ2) is 12.4. The first-order valence-electron chi connectivity index (χ1n) is 18.2. The molecular weight excluding hydrogens is 631 g/mol. The van der Waals surface area contributed by atoms with Crippen molar-refractivity contribution in [1.29, 1.82) is 0 Å². The minimum Gasteiger partial charge on any atom is -0.313 e. The summed E-state index contributed by atoms with van der Waals surface area (Å²) in [7, 11) is 1.92. The van der Waals surface area contributed by atoms with E-state index in [-0.39, 0.29) is 5.92 Å². The summed E-state index contributed by atoms with van der Waals surface area (Å²) in [6, 6.07) is 58.0. The first-order valence-corrected chi connectivity index (χ1v) is 18.2. The highest BCUT2D eigenvalue weighted by Gasteiger charge is 2.22. The molecule has 3 heteroatoms. The number of hydrogen-bond acceptors (Lipinski definition) is 2. The van der Waals surface area contributed by atoms with E-state index >= 15 is 0 Å². The molecule has 0 fully saturated rings. The molecular formula is C49H37N3. The van der Waals surface area contributed by atoms with E-state index in [0.717, 1.165) is 24.1 Å². The highest BCUT2D eigenvalue weighted by molar-refractivity contribution is 6.17. The average molecular weight is 668 g/mol. The summed E-state index contributed by atoms with van der Waals surface area (Å²) in [5, 5.41) is 16.3. The van der Waals surface area contributed by atoms with Crippen molar-refractivity contribution in [1.82, 2.24) is 9.89 Å². The van der Waals surface area contributed by atoms with Gasteiger partial charge in [-0.1, -0.05) is 152 Å². The summed E-state index contributed by atoms with van der Waals surface area (Å²) in [5.41, 5.74) is 13.0. The fraction of sp³-hybridized carbons (Fsp3) is 0.0816. The van der Waals surface area contributed by atoms with E-state index in [1.807, 2.05) is 17.9 Å². The first kappa shape index (κ1) is 30.4. The zero-order valence-corrected chi connectivity index (χ0v) is 29.1. The van der Waals surface area contributed by atoms with Gasteiger partial charge in [-0.3, -0.25) is 0 Å². The maximum absolute atomic E-state index is 4.75. The van der Waals surface area contributed by atoms with E-state index in [1.165, 1.54) is 81.5 Å². The van der Waals surface area contributed by atoms with Crippen LogP contribution in [0.25, 0.3) is 77.6 Å². The van der Waals surface area contributed by atoms with Crippen molar-refractivity contribution in [2.75, 3.05) is 12.5 Å². The van der Waals surface area contributed by atoms with Gasteiger partial charge >= 0.3 is 0 Å². The SMILES string of the molecule is CNn1nc2ccccc2c1Cc1ccc(-c2ccc3c(C4C=c5ccccc5=CC4)c4ccccc4c(-c4ccc5ccccc5c4)c3c2)cc1. The van der Waals surface area contributed by atoms with Gasteiger partial charge in [-0.2, -0.15) is 9.89 Å². The Bertz CT molecular complexity index is 2950. The summed E-state index contributed by atoms with van der Waals surface area (Å²) in [4.78, 5) is 1.90. The van der Waals surface area contributed by atoms with E-state index in [2.05, 4.69) is 169 Å². The van der Waals surface area contributed by atoms with E-state index < -0.39 is 0 Å². The molecule has 10 rings (SSSR count). The lowest BCUT2D eigenvalue weighted by atomic mass is 9.80. The monoisotopic (exact) mass is 667 g/mol. The molecule has 248 valence electrons. The number of fused-ring (bicyclic) bond motifs is 5. The van der Waals surface area contributed by atoms with Crippen LogP contribution >= 0.6 is 0 Å². The van der Waals surface area contributed by atoms with Crippen LogP contribution in [0.4, 0.5) is 0 Å². The van der Waals surface area contributed by atoms with E-state index in [1.54, 1.807) is 0 Å². The van der Waals surface area contributed by atoms with Crippen LogP contribution in [-0.2, 0) is 6.42 Å². The van der Waals surface area contributed by atoms with Crippen LogP contribution in [0.3, 0.4) is 0 Å². The van der Waals surface area contributed by atoms with Gasteiger partial charge in [-0.15, -0.1) is 0 Å². The number of nitrogens with zero attached hydrogens (tertiary/aromatic N) is 2. The fourth-order valence-corrected chi connectivity index (χ4v) is 8.49. The lowest BCUT2D eigenvalue weighted by Crippen LogP contribution is -2.27. The second-order valence-corrected chi connectivity index (χ2v) is 14.0. The van der Waals surface area contributed by atoms with Crippen molar-refractivity contribution >= 4 is 55.4 Å². The molecule has 1 aromatic heterocycles. The molecule has 1 atom stereocenters. The molecule has 0 amide bonds. The topological polar surface area (TPSA) is 29.9 Å². The minimum absolute atomic E-state index is 0.278. The smallest absolute Gasteiger partial charge is 0.0947 e. The van der Waals surface area contributed by atoms with Gasteiger partial charge in [-0.25, -0.2) is 0 Å². The van der Waals surface area contributed by atoms with E-state index in [9.17, 15) is 0 Å². The van der Waals surface area contributed by atoms with Crippen LogP contribution in [0.2, 0.25) is 0 Å². The third-order valence-electron chi connectivity index (χ3n) is 11.0. The van der Waals surface area contributed by atoms with Crippen LogP contribution < -0.4 is 15.9 Å². The second-order valence-electron chi connectivity index (χ2n) is 14.0. The van der Waals surface area contributed by atoms with Crippen molar-refractivity contribution < 1.29 is 0 Å². The molecule has 0 bridgehead atoms. The number of benzene rings is 8. The summed E-state index contributed by atoms with van der Waals surface area (Å²) >= 11 is 0. The molecule has 1 aliphatic carbocycles. The molecule has 0 radical (unpaired) electrons. The molecule has 0 saturated heterocycles. The van der Waals surface area contributed by atoms with Gasteiger partial charge in [0, 0.05) is 24.8 Å². The van der Waals surface area contributed by atoms with Gasteiger partial charge < -0.3 is 5.43 Å². The molecule has 8 aromatic carbocycles. The van der Waals surface area contributed by atoms with Gasteiger partial charge in [0.25, 0.3) is 0 Å². The van der Waals surface area contributed by atoms with Gasteiger partial charge in [0.2, 0.25) is 0 Å². The quantitative estimate of drug-likeness (QED) is 0.179. The molecule has 1 N–H and O–H groups in total. The van der Waals surface area contributed by atoms with Crippen LogP contribution in [-0.4, -0.2) is 16.9 Å². The highest BCUT2D eigenvalue weighted by atomic mass is 15.5. The number of nitrogens with one attached hydrogen (secondary N) is 1. The zero-order valence-electron chi connectivity index (χ0n) is 29.1. The molecule has 1 heterocycles. The Morgan fingerprint density at radius 3 is 2.10 bits per heavy atom. The van der Waals surface area contributed by atoms with Crippen molar-refractivity contribution in [3.05, 3.63) is 185 Å². The highest BCUT2D eigenvalue weighted by Crippen LogP contribution is 2.45. The van der Waals surface area contributed by atoms with Crippen molar-refractivity contribution in [3.8, 4) is 22.3 Å². The summed E-state index contributed by atoms with van der Waals surface area (Å²) in [6.45, 7) is 0. The maximum Gasteiger partial charge on any atom is 0.0947 e. The van der Waals surface area contributed by atoms with E-state index in [0.29, 0.717) is 0 Å². The molecule has 0 spiro atoms. The van der Waals surface area contributed by atoms with E-state index in [4.69, 9.17) is 5.10 Å².